The summed E-state index contributed by atoms with van der Waals surface area (Å²) >= 11 is 0. The van der Waals surface area contributed by atoms with Crippen molar-refractivity contribution in [3.8, 4) is 0 Å². The summed E-state index contributed by atoms with van der Waals surface area (Å²) in [6.45, 7) is 4.43. The molecule has 1 unspecified atom stereocenters. The number of anilines is 2. The molecule has 1 saturated carbocycles. The third kappa shape index (κ3) is 2.30. The van der Waals surface area contributed by atoms with Crippen molar-refractivity contribution in [3.05, 3.63) is 23.8 Å². The number of benzene rings is 1. The van der Waals surface area contributed by atoms with Crippen LogP contribution in [0.3, 0.4) is 0 Å². The zero-order valence-corrected chi connectivity index (χ0v) is 12.4. The second-order valence-electron chi connectivity index (χ2n) is 6.61. The minimum Gasteiger partial charge on any atom is -0.399 e. The molecule has 3 rings (SSSR count). The Kier molecular flexibility index (Phi) is 3.45. The molecule has 108 valence electrons. The predicted octanol–water partition coefficient (Wildman–Crippen LogP) is 3.37. The second kappa shape index (κ2) is 5.12. The van der Waals surface area contributed by atoms with Crippen LogP contribution in [0.4, 0.5) is 11.4 Å². The van der Waals surface area contributed by atoms with Crippen LogP contribution in [0, 0.1) is 11.8 Å². The number of nitrogen functional groups attached to an aromatic ring is 1. The highest BCUT2D eigenvalue weighted by atomic mass is 16.2. The van der Waals surface area contributed by atoms with E-state index < -0.39 is 0 Å². The van der Waals surface area contributed by atoms with Gasteiger partial charge in [0.2, 0.25) is 5.91 Å². The van der Waals surface area contributed by atoms with Gasteiger partial charge >= 0.3 is 0 Å². The Morgan fingerprint density at radius 2 is 1.90 bits per heavy atom. The van der Waals surface area contributed by atoms with Gasteiger partial charge in [0.1, 0.15) is 0 Å². The van der Waals surface area contributed by atoms with Crippen LogP contribution in [0.15, 0.2) is 18.2 Å². The number of carbonyl (C=O) groups is 1. The summed E-state index contributed by atoms with van der Waals surface area (Å²) in [4.78, 5) is 14.9. The summed E-state index contributed by atoms with van der Waals surface area (Å²) in [6, 6.07) is 6.19. The molecule has 1 aliphatic heterocycles. The van der Waals surface area contributed by atoms with Crippen molar-refractivity contribution >= 4 is 17.3 Å². The summed E-state index contributed by atoms with van der Waals surface area (Å²) < 4.78 is 0. The Balaban J connectivity index is 1.82. The molecule has 1 fully saturated rings. The van der Waals surface area contributed by atoms with Gasteiger partial charge in [-0.1, -0.05) is 6.92 Å². The molecule has 2 aliphatic rings. The first-order valence-electron chi connectivity index (χ1n) is 7.77. The molecule has 1 amide bonds. The Bertz CT molecular complexity index is 518. The van der Waals surface area contributed by atoms with E-state index in [9.17, 15) is 4.79 Å². The maximum absolute atomic E-state index is 12.9. The monoisotopic (exact) mass is 272 g/mol. The van der Waals surface area contributed by atoms with Gasteiger partial charge in [-0.05, 0) is 68.7 Å². The van der Waals surface area contributed by atoms with Crippen molar-refractivity contribution in [3.63, 3.8) is 0 Å². The molecule has 0 spiro atoms. The summed E-state index contributed by atoms with van der Waals surface area (Å²) in [5.74, 6) is 1.33. The highest BCUT2D eigenvalue weighted by Crippen LogP contribution is 2.37. The van der Waals surface area contributed by atoms with Crippen LogP contribution in [0.5, 0.6) is 0 Å². The normalized spacial score (nSPS) is 29.3. The van der Waals surface area contributed by atoms with Crippen LogP contribution in [-0.2, 0) is 11.2 Å². The van der Waals surface area contributed by atoms with Crippen molar-refractivity contribution < 1.29 is 4.79 Å². The Morgan fingerprint density at radius 3 is 2.60 bits per heavy atom. The third-order valence-electron chi connectivity index (χ3n) is 4.92. The smallest absolute Gasteiger partial charge is 0.230 e. The Labute approximate surface area is 121 Å². The molecule has 3 heteroatoms. The molecule has 2 N–H and O–H groups in total. The molecule has 20 heavy (non-hydrogen) atoms. The summed E-state index contributed by atoms with van der Waals surface area (Å²) in [5.41, 5.74) is 8.94. The van der Waals surface area contributed by atoms with E-state index in [2.05, 4.69) is 13.8 Å². The molecule has 0 saturated heterocycles. The van der Waals surface area contributed by atoms with E-state index in [1.807, 2.05) is 23.1 Å². The van der Waals surface area contributed by atoms with Gasteiger partial charge in [-0.15, -0.1) is 0 Å². The minimum absolute atomic E-state index is 0.220. The highest BCUT2D eigenvalue weighted by Gasteiger charge is 2.35. The molecule has 3 nitrogen and oxygen atoms in total. The molecular formula is C17H24N2O. The lowest BCUT2D eigenvalue weighted by atomic mass is 9.82. The van der Waals surface area contributed by atoms with Gasteiger partial charge in [0.05, 0.1) is 0 Å². The van der Waals surface area contributed by atoms with Crippen molar-refractivity contribution in [2.24, 2.45) is 11.8 Å². The lowest BCUT2D eigenvalue weighted by Gasteiger charge is -2.31. The molecule has 0 radical (unpaired) electrons. The minimum atomic E-state index is 0.220. The number of hydrogen-bond acceptors (Lipinski definition) is 2. The average molecular weight is 272 g/mol. The molecule has 1 aromatic carbocycles. The number of nitrogens with zero attached hydrogens (tertiary/aromatic N) is 1. The van der Waals surface area contributed by atoms with Gasteiger partial charge in [-0.25, -0.2) is 0 Å². The molecule has 0 bridgehead atoms. The number of nitrogens with two attached hydrogens (primary N) is 1. The van der Waals surface area contributed by atoms with E-state index in [0.717, 1.165) is 36.6 Å². The van der Waals surface area contributed by atoms with Gasteiger partial charge < -0.3 is 10.6 Å². The van der Waals surface area contributed by atoms with Crippen LogP contribution in [0.2, 0.25) is 0 Å². The van der Waals surface area contributed by atoms with Crippen molar-refractivity contribution in [1.29, 1.82) is 0 Å². The van der Waals surface area contributed by atoms with E-state index >= 15 is 0 Å². The number of carbonyl (C=O) groups excluding carboxylic acids is 1. The van der Waals surface area contributed by atoms with Crippen molar-refractivity contribution in [1.82, 2.24) is 0 Å². The standard InChI is InChI=1S/C17H24N2O/c1-11-3-5-13(6-4-11)17(20)19-12(2)9-14-10-15(18)7-8-16(14)19/h7-8,10-13H,3-6,9,18H2,1-2H3. The molecule has 1 heterocycles. The molecule has 1 atom stereocenters. The van der Waals surface area contributed by atoms with Crippen LogP contribution in [0.1, 0.15) is 45.1 Å². The maximum atomic E-state index is 12.9. The Hall–Kier alpha value is -1.51. The lowest BCUT2D eigenvalue weighted by molar-refractivity contribution is -0.123. The summed E-state index contributed by atoms with van der Waals surface area (Å²) in [5, 5.41) is 0. The lowest BCUT2D eigenvalue weighted by Crippen LogP contribution is -2.41. The van der Waals surface area contributed by atoms with Crippen LogP contribution in [0.25, 0.3) is 0 Å². The molecular weight excluding hydrogens is 248 g/mol. The second-order valence-corrected chi connectivity index (χ2v) is 6.61. The largest absolute Gasteiger partial charge is 0.399 e. The molecule has 1 aliphatic carbocycles. The topological polar surface area (TPSA) is 46.3 Å². The van der Waals surface area contributed by atoms with E-state index in [1.54, 1.807) is 0 Å². The first-order valence-corrected chi connectivity index (χ1v) is 7.77. The van der Waals surface area contributed by atoms with Gasteiger partial charge in [-0.2, -0.15) is 0 Å². The zero-order valence-electron chi connectivity index (χ0n) is 12.4. The fourth-order valence-electron chi connectivity index (χ4n) is 3.69. The fraction of sp³-hybridized carbons (Fsp3) is 0.588. The van der Waals surface area contributed by atoms with Gasteiger partial charge in [-0.3, -0.25) is 4.79 Å². The first-order chi connectivity index (χ1) is 9.56. The number of amides is 1. The van der Waals surface area contributed by atoms with Crippen LogP contribution >= 0.6 is 0 Å². The van der Waals surface area contributed by atoms with E-state index in [4.69, 9.17) is 5.73 Å². The van der Waals surface area contributed by atoms with Gasteiger partial charge in [0.25, 0.3) is 0 Å². The van der Waals surface area contributed by atoms with Gasteiger partial charge in [0.15, 0.2) is 0 Å². The van der Waals surface area contributed by atoms with Gasteiger partial charge in [0, 0.05) is 23.3 Å². The van der Waals surface area contributed by atoms with Crippen molar-refractivity contribution in [2.45, 2.75) is 52.0 Å². The first kappa shape index (κ1) is 13.5. The van der Waals surface area contributed by atoms with E-state index in [-0.39, 0.29) is 12.0 Å². The zero-order chi connectivity index (χ0) is 14.3. The summed E-state index contributed by atoms with van der Waals surface area (Å²) in [6.07, 6.45) is 5.40. The van der Waals surface area contributed by atoms with Crippen LogP contribution in [-0.4, -0.2) is 11.9 Å². The highest BCUT2D eigenvalue weighted by molar-refractivity contribution is 5.98. The molecule has 0 aromatic heterocycles. The summed E-state index contributed by atoms with van der Waals surface area (Å²) in [7, 11) is 0. The SMILES string of the molecule is CC1CCC(C(=O)N2c3ccc(N)cc3CC2C)CC1. The molecule has 1 aromatic rings. The Morgan fingerprint density at radius 1 is 1.20 bits per heavy atom. The number of fused-ring (bicyclic) bond motifs is 1. The predicted molar refractivity (Wildman–Crippen MR) is 82.6 cm³/mol. The van der Waals surface area contributed by atoms with E-state index in [1.165, 1.54) is 18.4 Å². The number of hydrogen-bond donors (Lipinski definition) is 1. The average Bonchev–Trinajstić information content (AvgIpc) is 2.73. The third-order valence-corrected chi connectivity index (χ3v) is 4.92. The quantitative estimate of drug-likeness (QED) is 0.797. The van der Waals surface area contributed by atoms with E-state index in [0.29, 0.717) is 5.91 Å². The van der Waals surface area contributed by atoms with Crippen LogP contribution < -0.4 is 10.6 Å². The maximum Gasteiger partial charge on any atom is 0.230 e. The number of rotatable bonds is 1. The van der Waals surface area contributed by atoms with Crippen molar-refractivity contribution in [2.75, 3.05) is 10.6 Å². The fourth-order valence-corrected chi connectivity index (χ4v) is 3.69.